The lowest BCUT2D eigenvalue weighted by molar-refractivity contribution is -0.118. The maximum Gasteiger partial charge on any atom is 0.408 e. The van der Waals surface area contributed by atoms with E-state index in [1.807, 2.05) is 72.8 Å². The van der Waals surface area contributed by atoms with Gasteiger partial charge in [0, 0.05) is 0 Å². The monoisotopic (exact) mass is 381 g/mol. The molecule has 1 atom stereocenters. The molecule has 3 aromatic rings. The minimum Gasteiger partial charge on any atom is -0.445 e. The van der Waals surface area contributed by atoms with Gasteiger partial charge in [-0.15, -0.1) is 11.6 Å². The van der Waals surface area contributed by atoms with Crippen LogP contribution in [-0.4, -0.2) is 23.8 Å². The third-order valence-corrected chi connectivity index (χ3v) is 4.54. The van der Waals surface area contributed by atoms with E-state index in [9.17, 15) is 9.59 Å². The van der Waals surface area contributed by atoms with Crippen LogP contribution in [0.2, 0.25) is 0 Å². The third kappa shape index (κ3) is 5.31. The number of carbonyl (C=O) groups excluding carboxylic acids is 2. The molecule has 5 heteroatoms. The highest BCUT2D eigenvalue weighted by molar-refractivity contribution is 6.28. The maximum atomic E-state index is 12.2. The molecule has 0 saturated carbocycles. The molecule has 0 heterocycles. The Balaban J connectivity index is 1.65. The molecule has 3 rings (SSSR count). The Bertz CT molecular complexity index is 927. The molecule has 0 bridgehead atoms. The number of ether oxygens (including phenoxy) is 1. The predicted molar refractivity (Wildman–Crippen MR) is 107 cm³/mol. The molecule has 0 aliphatic rings. The Hall–Kier alpha value is -2.85. The Morgan fingerprint density at radius 3 is 2.33 bits per heavy atom. The molecule has 4 nitrogen and oxygen atoms in total. The molecule has 3 aromatic carbocycles. The van der Waals surface area contributed by atoms with Crippen LogP contribution in [0.3, 0.4) is 0 Å². The van der Waals surface area contributed by atoms with Crippen molar-refractivity contribution in [2.24, 2.45) is 0 Å². The molecule has 1 amide bonds. The summed E-state index contributed by atoms with van der Waals surface area (Å²) in [5.74, 6) is -0.418. The SMILES string of the molecule is O=C(N[C@H](Cc1ccc2ccccc2c1)C(=O)CCl)OCc1ccccc1. The highest BCUT2D eigenvalue weighted by atomic mass is 35.5. The van der Waals surface area contributed by atoms with Crippen LogP contribution in [-0.2, 0) is 22.6 Å². The van der Waals surface area contributed by atoms with Gasteiger partial charge in [0.2, 0.25) is 0 Å². The topological polar surface area (TPSA) is 55.4 Å². The minimum atomic E-state index is -0.730. The average molecular weight is 382 g/mol. The van der Waals surface area contributed by atoms with Crippen molar-refractivity contribution in [3.05, 3.63) is 83.9 Å². The highest BCUT2D eigenvalue weighted by Crippen LogP contribution is 2.17. The van der Waals surface area contributed by atoms with Crippen molar-refractivity contribution >= 4 is 34.2 Å². The van der Waals surface area contributed by atoms with E-state index in [2.05, 4.69) is 5.32 Å². The molecular weight excluding hydrogens is 362 g/mol. The predicted octanol–water partition coefficient (Wildman–Crippen LogP) is 4.49. The van der Waals surface area contributed by atoms with E-state index in [1.165, 1.54) is 0 Å². The van der Waals surface area contributed by atoms with Crippen LogP contribution in [0.4, 0.5) is 4.79 Å². The number of halogens is 1. The lowest BCUT2D eigenvalue weighted by Crippen LogP contribution is -2.43. The highest BCUT2D eigenvalue weighted by Gasteiger charge is 2.21. The van der Waals surface area contributed by atoms with Crippen molar-refractivity contribution in [3.8, 4) is 0 Å². The summed E-state index contributed by atoms with van der Waals surface area (Å²) >= 11 is 5.72. The van der Waals surface area contributed by atoms with E-state index >= 15 is 0 Å². The largest absolute Gasteiger partial charge is 0.445 e. The third-order valence-electron chi connectivity index (χ3n) is 4.28. The first-order chi connectivity index (χ1) is 13.2. The summed E-state index contributed by atoms with van der Waals surface area (Å²) in [4.78, 5) is 24.3. The number of alkyl carbamates (subject to hydrolysis) is 1. The summed E-state index contributed by atoms with van der Waals surface area (Å²) in [6.45, 7) is 0.143. The minimum absolute atomic E-state index is 0.143. The van der Waals surface area contributed by atoms with E-state index < -0.39 is 12.1 Å². The van der Waals surface area contributed by atoms with E-state index in [-0.39, 0.29) is 18.3 Å². The molecule has 27 heavy (non-hydrogen) atoms. The first-order valence-corrected chi connectivity index (χ1v) is 9.23. The Labute approximate surface area is 163 Å². The Morgan fingerprint density at radius 2 is 1.59 bits per heavy atom. The van der Waals surface area contributed by atoms with Gasteiger partial charge in [-0.05, 0) is 28.3 Å². The number of rotatable bonds is 7. The second kappa shape index (κ2) is 9.19. The van der Waals surface area contributed by atoms with Gasteiger partial charge in [0.1, 0.15) is 6.61 Å². The van der Waals surface area contributed by atoms with Crippen molar-refractivity contribution in [1.82, 2.24) is 5.32 Å². The van der Waals surface area contributed by atoms with Crippen molar-refractivity contribution in [2.75, 3.05) is 5.88 Å². The number of nitrogens with one attached hydrogen (secondary N) is 1. The molecular formula is C22H20ClNO3. The molecule has 0 fully saturated rings. The number of benzene rings is 3. The van der Waals surface area contributed by atoms with Gasteiger partial charge < -0.3 is 10.1 Å². The molecule has 0 saturated heterocycles. The molecule has 138 valence electrons. The summed E-state index contributed by atoms with van der Waals surface area (Å²) < 4.78 is 5.22. The van der Waals surface area contributed by atoms with Crippen LogP contribution in [0.15, 0.2) is 72.8 Å². The molecule has 0 spiro atoms. The average Bonchev–Trinajstić information content (AvgIpc) is 2.72. The van der Waals surface area contributed by atoms with Crippen LogP contribution in [0.1, 0.15) is 11.1 Å². The number of ketones is 1. The fraction of sp³-hybridized carbons (Fsp3) is 0.182. The lowest BCUT2D eigenvalue weighted by atomic mass is 10.00. The van der Waals surface area contributed by atoms with E-state index in [0.717, 1.165) is 21.9 Å². The number of Topliss-reactive ketones (excluding diaryl/α,β-unsaturated/α-hetero) is 1. The van der Waals surface area contributed by atoms with Gasteiger partial charge in [0.25, 0.3) is 0 Å². The zero-order valence-corrected chi connectivity index (χ0v) is 15.5. The summed E-state index contributed by atoms with van der Waals surface area (Å²) in [7, 11) is 0. The van der Waals surface area contributed by atoms with Crippen LogP contribution in [0.25, 0.3) is 10.8 Å². The van der Waals surface area contributed by atoms with Gasteiger partial charge in [0.15, 0.2) is 5.78 Å². The molecule has 0 aromatic heterocycles. The zero-order chi connectivity index (χ0) is 19.1. The second-order valence-electron chi connectivity index (χ2n) is 6.24. The second-order valence-corrected chi connectivity index (χ2v) is 6.51. The quantitative estimate of drug-likeness (QED) is 0.614. The van der Waals surface area contributed by atoms with Crippen LogP contribution in [0, 0.1) is 0 Å². The summed E-state index contributed by atoms with van der Waals surface area (Å²) in [5, 5.41) is 4.84. The van der Waals surface area contributed by atoms with Gasteiger partial charge >= 0.3 is 6.09 Å². The van der Waals surface area contributed by atoms with Crippen molar-refractivity contribution in [2.45, 2.75) is 19.1 Å². The number of hydrogen-bond donors (Lipinski definition) is 1. The van der Waals surface area contributed by atoms with Gasteiger partial charge in [0.05, 0.1) is 11.9 Å². The van der Waals surface area contributed by atoms with Gasteiger partial charge in [-0.1, -0.05) is 72.8 Å². The fourth-order valence-corrected chi connectivity index (χ4v) is 3.03. The van der Waals surface area contributed by atoms with Crippen LogP contribution < -0.4 is 5.32 Å². The first kappa shape index (κ1) is 18.9. The van der Waals surface area contributed by atoms with Crippen LogP contribution >= 0.6 is 11.6 Å². The smallest absolute Gasteiger partial charge is 0.408 e. The lowest BCUT2D eigenvalue weighted by Gasteiger charge is -2.17. The van der Waals surface area contributed by atoms with Gasteiger partial charge in [-0.3, -0.25) is 4.79 Å². The maximum absolute atomic E-state index is 12.2. The number of amides is 1. The molecule has 1 N–H and O–H groups in total. The molecule has 0 aliphatic carbocycles. The number of alkyl halides is 1. The molecule has 0 unspecified atom stereocenters. The zero-order valence-electron chi connectivity index (χ0n) is 14.7. The number of fused-ring (bicyclic) bond motifs is 1. The Kier molecular flexibility index (Phi) is 6.44. The standard InChI is InChI=1S/C22H20ClNO3/c23-14-21(25)20(24-22(26)27-15-16-6-2-1-3-7-16)13-17-10-11-18-8-4-5-9-19(18)12-17/h1-12,20H,13-15H2,(H,24,26)/t20-/m1/s1. The molecule has 0 aliphatic heterocycles. The molecule has 0 radical (unpaired) electrons. The van der Waals surface area contributed by atoms with E-state index in [4.69, 9.17) is 16.3 Å². The number of hydrogen-bond acceptors (Lipinski definition) is 3. The van der Waals surface area contributed by atoms with Gasteiger partial charge in [-0.25, -0.2) is 4.79 Å². The van der Waals surface area contributed by atoms with Crippen molar-refractivity contribution in [1.29, 1.82) is 0 Å². The summed E-state index contributed by atoms with van der Waals surface area (Å²) in [5.41, 5.74) is 1.82. The normalized spacial score (nSPS) is 11.7. The van der Waals surface area contributed by atoms with Crippen molar-refractivity contribution in [3.63, 3.8) is 0 Å². The summed E-state index contributed by atoms with van der Waals surface area (Å²) in [6.07, 6.45) is -0.278. The number of carbonyl (C=O) groups is 2. The van der Waals surface area contributed by atoms with E-state index in [1.54, 1.807) is 0 Å². The van der Waals surface area contributed by atoms with E-state index in [0.29, 0.717) is 6.42 Å². The fourth-order valence-electron chi connectivity index (χ4n) is 2.85. The van der Waals surface area contributed by atoms with Gasteiger partial charge in [-0.2, -0.15) is 0 Å². The van der Waals surface area contributed by atoms with Crippen molar-refractivity contribution < 1.29 is 14.3 Å². The van der Waals surface area contributed by atoms with Crippen LogP contribution in [0.5, 0.6) is 0 Å². The summed E-state index contributed by atoms with van der Waals surface area (Å²) in [6, 6.07) is 22.6. The Morgan fingerprint density at radius 1 is 0.889 bits per heavy atom. The first-order valence-electron chi connectivity index (χ1n) is 8.69.